The van der Waals surface area contributed by atoms with Crippen LogP contribution < -0.4 is 51.4 Å². The molecule has 0 aliphatic heterocycles. The second-order valence-corrected chi connectivity index (χ2v) is 2.86. The Morgan fingerprint density at radius 1 is 1.09 bits per heavy atom. The first-order chi connectivity index (χ1) is 4.63. The minimum atomic E-state index is -0.0592. The third-order valence-corrected chi connectivity index (χ3v) is 2.30. The number of rotatable bonds is 0. The summed E-state index contributed by atoms with van der Waals surface area (Å²) in [6.45, 7) is 0. The van der Waals surface area contributed by atoms with Crippen LogP contribution in [0.5, 0.6) is 5.75 Å². The molecule has 0 aliphatic carbocycles. The van der Waals surface area contributed by atoms with Gasteiger partial charge >= 0.3 is 51.4 Å². The Morgan fingerprint density at radius 3 is 2.09 bits per heavy atom. The van der Waals surface area contributed by atoms with Crippen molar-refractivity contribution in [2.45, 2.75) is 0 Å². The van der Waals surface area contributed by atoms with E-state index in [4.69, 9.17) is 39.9 Å². The Labute approximate surface area is 124 Å². The Morgan fingerprint density at radius 2 is 1.64 bits per heavy atom. The van der Waals surface area contributed by atoms with Crippen molar-refractivity contribution in [1.82, 2.24) is 0 Å². The molecule has 0 radical (unpaired) electrons. The average molecular weight is 238 g/mol. The molecule has 0 unspecified atom stereocenters. The maximum atomic E-state index is 8.95. The molecule has 11 heavy (non-hydrogen) atoms. The molecule has 1 rings (SSSR count). The van der Waals surface area contributed by atoms with Crippen LogP contribution in [0.25, 0.3) is 0 Å². The normalized spacial score (nSPS) is 9.00. The molecule has 0 bridgehead atoms. The third kappa shape index (κ3) is 3.05. The summed E-state index contributed by atoms with van der Waals surface area (Å²) in [5.41, 5.74) is 0. The van der Waals surface area contributed by atoms with E-state index in [-0.39, 0.29) is 68.6 Å². The molecule has 0 aliphatic rings. The van der Waals surface area contributed by atoms with Gasteiger partial charge in [-0.15, -0.1) is 0 Å². The molecule has 0 heterocycles. The molecular formula is C6H4Cl3KO. The van der Waals surface area contributed by atoms with E-state index in [1.54, 1.807) is 0 Å². The fourth-order valence-corrected chi connectivity index (χ4v) is 1.05. The van der Waals surface area contributed by atoms with Gasteiger partial charge in [-0.1, -0.05) is 34.8 Å². The van der Waals surface area contributed by atoms with Crippen LogP contribution in [-0.4, -0.2) is 5.11 Å². The van der Waals surface area contributed by atoms with Crippen LogP contribution in [0.3, 0.4) is 0 Å². The largest absolute Gasteiger partial charge is 1.00 e. The minimum Gasteiger partial charge on any atom is -1.00 e. The van der Waals surface area contributed by atoms with Gasteiger partial charge in [-0.3, -0.25) is 0 Å². The fraction of sp³-hybridized carbons (Fsp3) is 0. The summed E-state index contributed by atoms with van der Waals surface area (Å²) < 4.78 is 0. The van der Waals surface area contributed by atoms with E-state index in [0.29, 0.717) is 5.02 Å². The number of halogens is 3. The van der Waals surface area contributed by atoms with E-state index >= 15 is 0 Å². The molecule has 0 amide bonds. The number of phenols is 1. The van der Waals surface area contributed by atoms with E-state index in [1.165, 1.54) is 12.1 Å². The van der Waals surface area contributed by atoms with Gasteiger partial charge in [0, 0.05) is 0 Å². The number of aromatic hydroxyl groups is 1. The molecule has 0 fully saturated rings. The van der Waals surface area contributed by atoms with Crippen molar-refractivity contribution in [1.29, 1.82) is 0 Å². The van der Waals surface area contributed by atoms with Gasteiger partial charge < -0.3 is 6.53 Å². The molecular weight excluding hydrogens is 234 g/mol. The summed E-state index contributed by atoms with van der Waals surface area (Å²) in [5, 5.41) is 9.56. The summed E-state index contributed by atoms with van der Waals surface area (Å²) in [6, 6.07) is 2.86. The third-order valence-electron chi connectivity index (χ3n) is 1.01. The van der Waals surface area contributed by atoms with Crippen molar-refractivity contribution < 1.29 is 57.9 Å². The predicted molar refractivity (Wildman–Crippen MR) is 44.2 cm³/mol. The van der Waals surface area contributed by atoms with Gasteiger partial charge in [-0.05, 0) is 12.1 Å². The smallest absolute Gasteiger partial charge is 1.00 e. The maximum Gasteiger partial charge on any atom is 1.00 e. The van der Waals surface area contributed by atoms with Crippen molar-refractivity contribution in [3.05, 3.63) is 27.2 Å². The Bertz CT molecular complexity index is 242. The van der Waals surface area contributed by atoms with Gasteiger partial charge in [0.1, 0.15) is 10.8 Å². The van der Waals surface area contributed by atoms with Crippen LogP contribution in [-0.2, 0) is 0 Å². The molecule has 0 spiro atoms. The molecule has 1 aromatic rings. The summed E-state index contributed by atoms with van der Waals surface area (Å²) >= 11 is 16.6. The SMILES string of the molecule is Oc1ccc(Cl)c(Cl)c1Cl.[H-].[K+]. The van der Waals surface area contributed by atoms with Crippen molar-refractivity contribution in [2.24, 2.45) is 0 Å². The van der Waals surface area contributed by atoms with E-state index in [2.05, 4.69) is 0 Å². The standard InChI is InChI=1S/C6H3Cl3O.K.H/c7-3-1-2-4(10)6(9)5(3)8;;/h1-2,10H;;/q;+1;-1. The van der Waals surface area contributed by atoms with Gasteiger partial charge in [-0.2, -0.15) is 0 Å². The van der Waals surface area contributed by atoms with Gasteiger partial charge in [0.05, 0.1) is 10.0 Å². The van der Waals surface area contributed by atoms with Crippen molar-refractivity contribution >= 4 is 34.8 Å². The second-order valence-electron chi connectivity index (χ2n) is 1.69. The minimum absolute atomic E-state index is 0. The van der Waals surface area contributed by atoms with E-state index in [0.717, 1.165) is 0 Å². The second kappa shape index (κ2) is 5.30. The molecule has 0 saturated heterocycles. The summed E-state index contributed by atoms with van der Waals surface area (Å²) in [5.74, 6) is -0.0592. The first-order valence-corrected chi connectivity index (χ1v) is 3.59. The van der Waals surface area contributed by atoms with Crippen LogP contribution in [0.4, 0.5) is 0 Å². The Hall–Kier alpha value is 1.53. The first kappa shape index (κ1) is 12.5. The molecule has 0 atom stereocenters. The predicted octanol–water partition coefficient (Wildman–Crippen LogP) is 0.469. The van der Waals surface area contributed by atoms with Gasteiger partial charge in [-0.25, -0.2) is 0 Å². The number of hydrogen-bond donors (Lipinski definition) is 1. The molecule has 1 aromatic carbocycles. The van der Waals surface area contributed by atoms with Crippen LogP contribution in [0.15, 0.2) is 12.1 Å². The van der Waals surface area contributed by atoms with Crippen molar-refractivity contribution in [3.63, 3.8) is 0 Å². The Kier molecular flexibility index (Phi) is 6.03. The summed E-state index contributed by atoms with van der Waals surface area (Å²) in [4.78, 5) is 0. The number of hydrogen-bond acceptors (Lipinski definition) is 1. The van der Waals surface area contributed by atoms with E-state index in [1.807, 2.05) is 0 Å². The first-order valence-electron chi connectivity index (χ1n) is 2.45. The number of phenolic OH excluding ortho intramolecular Hbond substituents is 1. The van der Waals surface area contributed by atoms with Crippen LogP contribution in [0, 0.1) is 0 Å². The fourth-order valence-electron chi connectivity index (χ4n) is 0.516. The van der Waals surface area contributed by atoms with Crippen molar-refractivity contribution in [2.75, 3.05) is 0 Å². The zero-order valence-electron chi connectivity index (χ0n) is 6.74. The zero-order valence-corrected chi connectivity index (χ0v) is 11.1. The van der Waals surface area contributed by atoms with Crippen LogP contribution in [0.1, 0.15) is 1.43 Å². The number of benzene rings is 1. The van der Waals surface area contributed by atoms with E-state index in [9.17, 15) is 0 Å². The van der Waals surface area contributed by atoms with Crippen LogP contribution >= 0.6 is 34.8 Å². The quantitative estimate of drug-likeness (QED) is 0.514. The molecule has 5 heteroatoms. The monoisotopic (exact) mass is 236 g/mol. The molecule has 56 valence electrons. The average Bonchev–Trinajstić information content (AvgIpc) is 1.93. The summed E-state index contributed by atoms with van der Waals surface area (Å²) in [6.07, 6.45) is 0. The van der Waals surface area contributed by atoms with Gasteiger partial charge in [0.2, 0.25) is 0 Å². The van der Waals surface area contributed by atoms with Crippen molar-refractivity contribution in [3.8, 4) is 5.75 Å². The Balaban J connectivity index is 0. The maximum absolute atomic E-state index is 8.95. The zero-order chi connectivity index (χ0) is 7.72. The van der Waals surface area contributed by atoms with Gasteiger partial charge in [0.15, 0.2) is 0 Å². The van der Waals surface area contributed by atoms with E-state index < -0.39 is 0 Å². The molecule has 0 aromatic heterocycles. The summed E-state index contributed by atoms with van der Waals surface area (Å²) in [7, 11) is 0. The molecule has 0 saturated carbocycles. The molecule has 1 N–H and O–H groups in total. The van der Waals surface area contributed by atoms with Gasteiger partial charge in [0.25, 0.3) is 0 Å². The topological polar surface area (TPSA) is 20.2 Å². The van der Waals surface area contributed by atoms with Crippen LogP contribution in [0.2, 0.25) is 15.1 Å². The molecule has 1 nitrogen and oxygen atoms in total.